The molecular weight excluding hydrogens is 182 g/mol. The maximum Gasteiger partial charge on any atom is 0.392 e. The van der Waals surface area contributed by atoms with E-state index >= 15 is 0 Å². The number of esters is 1. The minimum atomic E-state index is -1.27. The molecular formula is C6H11NO4S. The second-order valence-electron chi connectivity index (χ2n) is 1.85. The van der Waals surface area contributed by atoms with Gasteiger partial charge in [0.2, 0.25) is 0 Å². The minimum Gasteiger partial charge on any atom is -0.460 e. The van der Waals surface area contributed by atoms with E-state index in [-0.39, 0.29) is 6.61 Å². The van der Waals surface area contributed by atoms with Crippen LogP contribution in [0.15, 0.2) is 0 Å². The molecule has 0 aromatic carbocycles. The van der Waals surface area contributed by atoms with E-state index in [1.54, 1.807) is 13.8 Å². The van der Waals surface area contributed by atoms with Gasteiger partial charge in [0.1, 0.15) is 0 Å². The molecule has 70 valence electrons. The molecule has 12 heavy (non-hydrogen) atoms. The first-order chi connectivity index (χ1) is 5.63. The van der Waals surface area contributed by atoms with Gasteiger partial charge in [-0.15, -0.1) is 0 Å². The quantitative estimate of drug-likeness (QED) is 0.281. The Kier molecular flexibility index (Phi) is 5.44. The summed E-state index contributed by atoms with van der Waals surface area (Å²) in [5.41, 5.74) is 0. The van der Waals surface area contributed by atoms with Crippen molar-refractivity contribution in [3.8, 4) is 0 Å². The molecule has 1 atom stereocenters. The topological polar surface area (TPSA) is 69.4 Å². The van der Waals surface area contributed by atoms with Crippen LogP contribution >= 0.6 is 11.8 Å². The predicted octanol–water partition coefficient (Wildman–Crippen LogP) is 0.905. The number of thioether (sulfide) groups is 1. The molecule has 0 heterocycles. The van der Waals surface area contributed by atoms with E-state index in [1.807, 2.05) is 0 Å². The summed E-state index contributed by atoms with van der Waals surface area (Å²) in [6, 6.07) is 0. The van der Waals surface area contributed by atoms with Crippen molar-refractivity contribution in [2.75, 3.05) is 12.4 Å². The molecule has 1 unspecified atom stereocenters. The Hall–Kier alpha value is -0.780. The van der Waals surface area contributed by atoms with Crippen molar-refractivity contribution in [3.63, 3.8) is 0 Å². The van der Waals surface area contributed by atoms with Gasteiger partial charge in [-0.25, -0.2) is 4.79 Å². The van der Waals surface area contributed by atoms with Crippen molar-refractivity contribution in [1.82, 2.24) is 0 Å². The summed E-state index contributed by atoms with van der Waals surface area (Å²) < 4.78 is 4.52. The SMILES string of the molecule is CCOC(=O)C(SCC)[N+](=O)[O-]. The Morgan fingerprint density at radius 1 is 1.67 bits per heavy atom. The number of carbonyl (C=O) groups excluding carboxylic acids is 1. The third-order valence-corrected chi connectivity index (χ3v) is 2.02. The van der Waals surface area contributed by atoms with Gasteiger partial charge in [0, 0.05) is 4.92 Å². The lowest BCUT2D eigenvalue weighted by Gasteiger charge is -2.05. The van der Waals surface area contributed by atoms with Crippen LogP contribution in [0.3, 0.4) is 0 Å². The summed E-state index contributed by atoms with van der Waals surface area (Å²) in [5.74, 6) is -0.251. The van der Waals surface area contributed by atoms with Crippen molar-refractivity contribution in [3.05, 3.63) is 10.1 Å². The maximum atomic E-state index is 10.9. The molecule has 0 rings (SSSR count). The largest absolute Gasteiger partial charge is 0.460 e. The smallest absolute Gasteiger partial charge is 0.392 e. The highest BCUT2D eigenvalue weighted by atomic mass is 32.2. The average Bonchev–Trinajstić information content (AvgIpc) is 1.99. The number of hydrogen-bond donors (Lipinski definition) is 0. The zero-order valence-electron chi connectivity index (χ0n) is 6.98. The summed E-state index contributed by atoms with van der Waals surface area (Å²) in [5, 5.41) is 9.02. The number of nitro groups is 1. The van der Waals surface area contributed by atoms with E-state index in [1.165, 1.54) is 0 Å². The van der Waals surface area contributed by atoms with Crippen molar-refractivity contribution >= 4 is 17.7 Å². The van der Waals surface area contributed by atoms with Crippen LogP contribution in [0.2, 0.25) is 0 Å². The average molecular weight is 193 g/mol. The summed E-state index contributed by atoms with van der Waals surface area (Å²) in [7, 11) is 0. The lowest BCUT2D eigenvalue weighted by molar-refractivity contribution is -0.484. The molecule has 0 aliphatic heterocycles. The first-order valence-electron chi connectivity index (χ1n) is 3.55. The third-order valence-electron chi connectivity index (χ3n) is 1.00. The fourth-order valence-electron chi connectivity index (χ4n) is 0.586. The molecule has 0 saturated heterocycles. The second kappa shape index (κ2) is 5.82. The minimum absolute atomic E-state index is 0.174. The summed E-state index contributed by atoms with van der Waals surface area (Å²) in [6.07, 6.45) is 0. The zero-order valence-corrected chi connectivity index (χ0v) is 7.80. The normalized spacial score (nSPS) is 12.2. The van der Waals surface area contributed by atoms with Gasteiger partial charge in [0.15, 0.2) is 0 Å². The van der Waals surface area contributed by atoms with E-state index in [0.29, 0.717) is 5.75 Å². The molecule has 0 amide bonds. The van der Waals surface area contributed by atoms with Gasteiger partial charge in [-0.1, -0.05) is 18.7 Å². The highest BCUT2D eigenvalue weighted by molar-refractivity contribution is 8.00. The van der Waals surface area contributed by atoms with Gasteiger partial charge in [0.25, 0.3) is 0 Å². The van der Waals surface area contributed by atoms with Crippen LogP contribution in [-0.4, -0.2) is 28.6 Å². The first kappa shape index (κ1) is 11.2. The Labute approximate surface area is 74.6 Å². The number of ether oxygens (including phenoxy) is 1. The van der Waals surface area contributed by atoms with E-state index in [0.717, 1.165) is 11.8 Å². The zero-order chi connectivity index (χ0) is 9.56. The predicted molar refractivity (Wildman–Crippen MR) is 45.5 cm³/mol. The molecule has 0 spiro atoms. The van der Waals surface area contributed by atoms with Crippen LogP contribution in [0.5, 0.6) is 0 Å². The van der Waals surface area contributed by atoms with Crippen molar-refractivity contribution in [2.45, 2.75) is 19.2 Å². The van der Waals surface area contributed by atoms with E-state index in [9.17, 15) is 14.9 Å². The molecule has 5 nitrogen and oxygen atoms in total. The van der Waals surface area contributed by atoms with Crippen LogP contribution in [0.25, 0.3) is 0 Å². The van der Waals surface area contributed by atoms with E-state index in [2.05, 4.69) is 4.74 Å². The monoisotopic (exact) mass is 193 g/mol. The fourth-order valence-corrected chi connectivity index (χ4v) is 1.23. The lowest BCUT2D eigenvalue weighted by Crippen LogP contribution is -2.28. The van der Waals surface area contributed by atoms with Crippen LogP contribution < -0.4 is 0 Å². The van der Waals surface area contributed by atoms with Gasteiger partial charge >= 0.3 is 11.3 Å². The van der Waals surface area contributed by atoms with Crippen LogP contribution in [0.1, 0.15) is 13.8 Å². The van der Waals surface area contributed by atoms with Gasteiger partial charge in [-0.3, -0.25) is 10.1 Å². The van der Waals surface area contributed by atoms with E-state index in [4.69, 9.17) is 0 Å². The molecule has 0 aliphatic carbocycles. The van der Waals surface area contributed by atoms with Crippen LogP contribution in [0, 0.1) is 10.1 Å². The number of carbonyl (C=O) groups is 1. The highest BCUT2D eigenvalue weighted by Crippen LogP contribution is 2.12. The van der Waals surface area contributed by atoms with Crippen molar-refractivity contribution < 1.29 is 14.5 Å². The van der Waals surface area contributed by atoms with Gasteiger partial charge in [0.05, 0.1) is 6.61 Å². The fraction of sp³-hybridized carbons (Fsp3) is 0.833. The second-order valence-corrected chi connectivity index (χ2v) is 3.20. The number of rotatable bonds is 5. The molecule has 6 heteroatoms. The Balaban J connectivity index is 4.09. The molecule has 0 aromatic heterocycles. The van der Waals surface area contributed by atoms with Crippen molar-refractivity contribution in [2.24, 2.45) is 0 Å². The van der Waals surface area contributed by atoms with Gasteiger partial charge < -0.3 is 4.74 Å². The molecule has 0 aliphatic rings. The Morgan fingerprint density at radius 2 is 2.25 bits per heavy atom. The molecule has 0 radical (unpaired) electrons. The van der Waals surface area contributed by atoms with E-state index < -0.39 is 16.3 Å². The molecule has 0 N–H and O–H groups in total. The summed E-state index contributed by atoms with van der Waals surface area (Å²) in [4.78, 5) is 20.5. The maximum absolute atomic E-state index is 10.9. The molecule has 0 bridgehead atoms. The van der Waals surface area contributed by atoms with Gasteiger partial charge in [-0.05, 0) is 12.7 Å². The van der Waals surface area contributed by atoms with Crippen LogP contribution in [0.4, 0.5) is 0 Å². The molecule has 0 aromatic rings. The lowest BCUT2D eigenvalue weighted by atomic mass is 10.6. The number of nitrogens with zero attached hydrogens (tertiary/aromatic N) is 1. The van der Waals surface area contributed by atoms with Crippen LogP contribution in [-0.2, 0) is 9.53 Å². The third kappa shape index (κ3) is 3.56. The first-order valence-corrected chi connectivity index (χ1v) is 4.60. The summed E-state index contributed by atoms with van der Waals surface area (Å²) in [6.45, 7) is 3.54. The number of hydrogen-bond acceptors (Lipinski definition) is 5. The van der Waals surface area contributed by atoms with Crippen molar-refractivity contribution in [1.29, 1.82) is 0 Å². The standard InChI is InChI=1S/C6H11NO4S/c1-3-11-6(8)5(7(9)10)12-4-2/h5H,3-4H2,1-2H3. The Morgan fingerprint density at radius 3 is 2.58 bits per heavy atom. The summed E-state index contributed by atoms with van der Waals surface area (Å²) >= 11 is 0.959. The van der Waals surface area contributed by atoms with Gasteiger partial charge in [-0.2, -0.15) is 0 Å². The Bertz CT molecular complexity index is 173. The molecule has 0 saturated carbocycles. The molecule has 0 fully saturated rings. The highest BCUT2D eigenvalue weighted by Gasteiger charge is 2.30.